The van der Waals surface area contributed by atoms with Crippen LogP contribution >= 0.6 is 22.7 Å². The highest BCUT2D eigenvalue weighted by Crippen LogP contribution is 2.50. The Hall–Kier alpha value is -6.92. The molecule has 2 unspecified atom stereocenters. The molecule has 6 heterocycles. The standard InChI is InChI=1S/C64H53N3S2/c1-63(2,3)46-24-14-38(15-25-46)32-53(44-20-18-42-11-9-31-66-55(42)36-44)45-23-29-48-57(37-45)69-62-58(48)50-12-7-13-51-59(50)67(62)60-49-28-16-39(34-56(49)68-61(51)60)33-52(40-21-26-47(27-22-40)64(4,5)6)43-19-17-41-10-8-30-65-54(41)35-43/h7-31,34-37,52-53H,32-33H2,1-6H3. The van der Waals surface area contributed by atoms with Gasteiger partial charge in [-0.1, -0.05) is 169 Å². The van der Waals surface area contributed by atoms with E-state index >= 15 is 0 Å². The molecule has 3 nitrogen and oxygen atoms in total. The van der Waals surface area contributed by atoms with Crippen LogP contribution < -0.4 is 0 Å². The van der Waals surface area contributed by atoms with Gasteiger partial charge in [-0.3, -0.25) is 14.4 Å². The quantitative estimate of drug-likeness (QED) is 0.152. The number of hydrogen-bond donors (Lipinski definition) is 0. The highest BCUT2D eigenvalue weighted by Gasteiger charge is 2.26. The Morgan fingerprint density at radius 1 is 0.449 bits per heavy atom. The Labute approximate surface area is 411 Å². The maximum absolute atomic E-state index is 4.78. The third-order valence-electron chi connectivity index (χ3n) is 15.0. The van der Waals surface area contributed by atoms with Gasteiger partial charge in [0.15, 0.2) is 0 Å². The molecule has 69 heavy (non-hydrogen) atoms. The van der Waals surface area contributed by atoms with Crippen LogP contribution in [0.2, 0.25) is 0 Å². The van der Waals surface area contributed by atoms with E-state index in [9.17, 15) is 0 Å². The van der Waals surface area contributed by atoms with E-state index in [0.717, 1.165) is 23.9 Å². The summed E-state index contributed by atoms with van der Waals surface area (Å²) in [6.45, 7) is 13.7. The fourth-order valence-electron chi connectivity index (χ4n) is 11.2. The average Bonchev–Trinajstić information content (AvgIpc) is 4.10. The molecule has 0 bridgehead atoms. The summed E-state index contributed by atoms with van der Waals surface area (Å²) in [5.74, 6) is 0.361. The van der Waals surface area contributed by atoms with Crippen molar-refractivity contribution in [2.75, 3.05) is 0 Å². The SMILES string of the molecule is CC(C)(C)c1ccc(CC(c2ccc3cccnc3c2)c2ccc3c(c2)sc2c3c3cccc4c5sc6cc(CC(c7ccc(C(C)(C)C)cc7)c7ccc8cccnc8c7)ccc6c5n2c43)cc1. The largest absolute Gasteiger partial charge is 0.298 e. The number of aromatic nitrogens is 3. The first-order valence-corrected chi connectivity index (χ1v) is 26.0. The Morgan fingerprint density at radius 2 is 0.986 bits per heavy atom. The number of para-hydroxylation sites is 1. The van der Waals surface area contributed by atoms with E-state index in [-0.39, 0.29) is 22.7 Å². The van der Waals surface area contributed by atoms with E-state index < -0.39 is 0 Å². The van der Waals surface area contributed by atoms with Crippen molar-refractivity contribution >= 4 is 101 Å². The Balaban J connectivity index is 0.919. The lowest BCUT2D eigenvalue weighted by atomic mass is 9.82. The minimum absolute atomic E-state index is 0.0963. The molecule has 0 radical (unpaired) electrons. The predicted molar refractivity (Wildman–Crippen MR) is 297 cm³/mol. The van der Waals surface area contributed by atoms with Crippen LogP contribution in [0, 0.1) is 0 Å². The van der Waals surface area contributed by atoms with Gasteiger partial charge in [-0.25, -0.2) is 0 Å². The molecule has 6 aromatic heterocycles. The number of thiophene rings is 2. The second-order valence-electron chi connectivity index (χ2n) is 21.4. The molecule has 336 valence electrons. The van der Waals surface area contributed by atoms with Crippen molar-refractivity contribution in [3.05, 3.63) is 221 Å². The van der Waals surface area contributed by atoms with Crippen molar-refractivity contribution in [1.29, 1.82) is 0 Å². The van der Waals surface area contributed by atoms with Gasteiger partial charge in [0, 0.05) is 71.3 Å². The van der Waals surface area contributed by atoms with Crippen LogP contribution in [-0.2, 0) is 23.7 Å². The zero-order valence-electron chi connectivity index (χ0n) is 40.0. The Kier molecular flexibility index (Phi) is 9.67. The zero-order valence-corrected chi connectivity index (χ0v) is 41.6. The van der Waals surface area contributed by atoms with Gasteiger partial charge in [0.1, 0.15) is 4.83 Å². The Bertz CT molecular complexity index is 4100. The third kappa shape index (κ3) is 7.12. The molecule has 13 rings (SSSR count). The molecule has 0 aliphatic rings. The normalized spacial score (nSPS) is 13.7. The summed E-state index contributed by atoms with van der Waals surface area (Å²) in [4.78, 5) is 10.9. The molecule has 7 aromatic carbocycles. The maximum Gasteiger partial charge on any atom is 0.109 e. The zero-order chi connectivity index (χ0) is 46.8. The molecule has 0 saturated carbocycles. The molecule has 0 saturated heterocycles. The number of benzene rings is 7. The van der Waals surface area contributed by atoms with Crippen LogP contribution in [0.4, 0.5) is 0 Å². The first kappa shape index (κ1) is 42.2. The van der Waals surface area contributed by atoms with Crippen LogP contribution in [-0.4, -0.2) is 14.4 Å². The lowest BCUT2D eigenvalue weighted by Gasteiger charge is -2.22. The second kappa shape index (κ2) is 15.8. The van der Waals surface area contributed by atoms with Crippen molar-refractivity contribution in [2.45, 2.75) is 77.0 Å². The van der Waals surface area contributed by atoms with Crippen molar-refractivity contribution in [3.8, 4) is 0 Å². The number of rotatable bonds is 8. The van der Waals surface area contributed by atoms with E-state index in [0.29, 0.717) is 0 Å². The van der Waals surface area contributed by atoms with E-state index in [2.05, 4.69) is 198 Å². The number of hydrogen-bond acceptors (Lipinski definition) is 4. The highest BCUT2D eigenvalue weighted by molar-refractivity contribution is 7.27. The minimum Gasteiger partial charge on any atom is -0.298 e. The first-order valence-electron chi connectivity index (χ1n) is 24.4. The number of fused-ring (bicyclic) bond motifs is 12. The van der Waals surface area contributed by atoms with Gasteiger partial charge in [0.05, 0.1) is 26.8 Å². The summed E-state index contributed by atoms with van der Waals surface area (Å²) >= 11 is 3.90. The smallest absolute Gasteiger partial charge is 0.109 e. The number of nitrogens with zero attached hydrogens (tertiary/aromatic N) is 3. The van der Waals surface area contributed by atoms with Crippen molar-refractivity contribution in [1.82, 2.24) is 14.4 Å². The lowest BCUT2D eigenvalue weighted by molar-refractivity contribution is 0.589. The summed E-state index contributed by atoms with van der Waals surface area (Å²) in [5, 5.41) is 9.07. The van der Waals surface area contributed by atoms with E-state index in [1.807, 2.05) is 47.2 Å². The van der Waals surface area contributed by atoms with Gasteiger partial charge >= 0.3 is 0 Å². The molecule has 5 heteroatoms. The topological polar surface area (TPSA) is 30.2 Å². The first-order chi connectivity index (χ1) is 33.4. The van der Waals surface area contributed by atoms with Crippen LogP contribution in [0.15, 0.2) is 176 Å². The fraction of sp³-hybridized carbons (Fsp3) is 0.188. The lowest BCUT2D eigenvalue weighted by Crippen LogP contribution is -2.12. The van der Waals surface area contributed by atoms with Crippen LogP contribution in [0.3, 0.4) is 0 Å². The molecule has 2 atom stereocenters. The van der Waals surface area contributed by atoms with Gasteiger partial charge in [-0.05, 0) is 105 Å². The van der Waals surface area contributed by atoms with Crippen molar-refractivity contribution in [2.24, 2.45) is 0 Å². The number of pyridine rings is 2. The molecule has 13 aromatic rings. The molecule has 0 N–H and O–H groups in total. The maximum atomic E-state index is 4.78. The van der Waals surface area contributed by atoms with E-state index in [4.69, 9.17) is 9.97 Å². The molecular weight excluding hydrogens is 875 g/mol. The van der Waals surface area contributed by atoms with Gasteiger partial charge in [0.25, 0.3) is 0 Å². The molecule has 0 amide bonds. The summed E-state index contributed by atoms with van der Waals surface area (Å²) in [6, 6.07) is 62.3. The van der Waals surface area contributed by atoms with Gasteiger partial charge in [-0.2, -0.15) is 0 Å². The Morgan fingerprint density at radius 3 is 1.65 bits per heavy atom. The monoisotopic (exact) mass is 927 g/mol. The minimum atomic E-state index is 0.0963. The fourth-order valence-corrected chi connectivity index (χ4v) is 13.7. The van der Waals surface area contributed by atoms with Crippen LogP contribution in [0.5, 0.6) is 0 Å². The van der Waals surface area contributed by atoms with Gasteiger partial charge < -0.3 is 0 Å². The molecule has 0 fully saturated rings. The highest BCUT2D eigenvalue weighted by atomic mass is 32.1. The predicted octanol–water partition coefficient (Wildman–Crippen LogP) is 17.7. The summed E-state index contributed by atoms with van der Waals surface area (Å²) in [7, 11) is 0. The molecule has 0 aliphatic heterocycles. The van der Waals surface area contributed by atoms with E-state index in [1.165, 1.54) is 112 Å². The summed E-state index contributed by atoms with van der Waals surface area (Å²) in [6.07, 6.45) is 5.62. The van der Waals surface area contributed by atoms with Crippen molar-refractivity contribution < 1.29 is 0 Å². The van der Waals surface area contributed by atoms with Crippen LogP contribution in [0.25, 0.3) is 78.7 Å². The van der Waals surface area contributed by atoms with Gasteiger partial charge in [0.2, 0.25) is 0 Å². The second-order valence-corrected chi connectivity index (χ2v) is 23.5. The van der Waals surface area contributed by atoms with Crippen molar-refractivity contribution in [3.63, 3.8) is 0 Å². The molecule has 0 aliphatic carbocycles. The van der Waals surface area contributed by atoms with Gasteiger partial charge in [-0.15, -0.1) is 22.7 Å². The third-order valence-corrected chi connectivity index (χ3v) is 17.3. The van der Waals surface area contributed by atoms with E-state index in [1.54, 1.807) is 0 Å². The molecular formula is C64H53N3S2. The molecule has 0 spiro atoms. The summed E-state index contributed by atoms with van der Waals surface area (Å²) < 4.78 is 6.67. The average molecular weight is 928 g/mol. The summed E-state index contributed by atoms with van der Waals surface area (Å²) in [5.41, 5.74) is 15.7. The van der Waals surface area contributed by atoms with Crippen LogP contribution in [0.1, 0.15) is 97.9 Å².